The fraction of sp³-hybridized carbons (Fsp3) is 0.320. The lowest BCUT2D eigenvalue weighted by Crippen LogP contribution is -2.33. The van der Waals surface area contributed by atoms with Crippen LogP contribution in [0.1, 0.15) is 31.4 Å². The van der Waals surface area contributed by atoms with Crippen molar-refractivity contribution in [3.63, 3.8) is 0 Å². The molecule has 7 nitrogen and oxygen atoms in total. The average Bonchev–Trinajstić information content (AvgIpc) is 3.43. The Morgan fingerprint density at radius 3 is 2.50 bits per heavy atom. The number of nitrogens with zero attached hydrogens (tertiary/aromatic N) is 4. The molecule has 0 amide bonds. The molecule has 3 aromatic rings. The molecule has 6 rings (SSSR count). The first-order valence-electron chi connectivity index (χ1n) is 11.5. The van der Waals surface area contributed by atoms with Gasteiger partial charge in [0.05, 0.1) is 12.7 Å². The molecule has 2 N–H and O–H groups in total. The molecule has 11 heteroatoms. The minimum Gasteiger partial charge on any atom is -0.462 e. The van der Waals surface area contributed by atoms with Gasteiger partial charge in [-0.2, -0.15) is 9.37 Å². The molecule has 1 spiro atoms. The molecule has 0 aliphatic carbocycles. The monoisotopic (exact) mass is 501 g/mol. The largest absolute Gasteiger partial charge is 0.462 e. The first-order valence-corrected chi connectivity index (χ1v) is 11.5. The zero-order chi connectivity index (χ0) is 25.7. The zero-order valence-corrected chi connectivity index (χ0v) is 19.6. The predicted molar refractivity (Wildman–Crippen MR) is 125 cm³/mol. The van der Waals surface area contributed by atoms with E-state index in [1.54, 1.807) is 18.2 Å². The zero-order valence-electron chi connectivity index (χ0n) is 19.6. The normalized spacial score (nSPS) is 21.1. The lowest BCUT2D eigenvalue weighted by Gasteiger charge is -2.34. The summed E-state index contributed by atoms with van der Waals surface area (Å²) in [6, 6.07) is 7.73. The number of rotatable bonds is 2. The molecule has 1 saturated heterocycles. The van der Waals surface area contributed by atoms with Crippen LogP contribution in [0.4, 0.5) is 23.4 Å². The maximum atomic E-state index is 15.2. The van der Waals surface area contributed by atoms with Gasteiger partial charge in [-0.25, -0.2) is 18.2 Å². The van der Waals surface area contributed by atoms with E-state index in [0.717, 1.165) is 6.20 Å². The van der Waals surface area contributed by atoms with Crippen LogP contribution in [0.15, 0.2) is 47.7 Å². The standard InChI is InChI=1S/C23H17F4N5O2.C2H6/c24-14-5-13(8-29-9-14)12-1-2-17-15(6-12)23(11-33-21(28)31-23)16-7-18(30-20(25)19(16)34-17)32-4-3-22(26,27)10-32;1-2/h1-2,5-9H,3-4,10-11H2,(H2,28,31);1-2H3/t23-;/m0./s1. The van der Waals surface area contributed by atoms with Crippen molar-refractivity contribution in [1.29, 1.82) is 0 Å². The minimum absolute atomic E-state index is 0.0291. The SMILES string of the molecule is CC.NC1=N[C@@]2(CO1)c1cc(-c3cncc(F)c3)ccc1Oc1c2cc(N2CCC(F)(F)C2)nc1F. The van der Waals surface area contributed by atoms with Gasteiger partial charge in [0.25, 0.3) is 17.9 Å². The topological polar surface area (TPSA) is 85.9 Å². The number of benzene rings is 1. The molecule has 5 heterocycles. The van der Waals surface area contributed by atoms with Crippen LogP contribution in [0.2, 0.25) is 0 Å². The molecular weight excluding hydrogens is 478 g/mol. The lowest BCUT2D eigenvalue weighted by molar-refractivity contribution is 0.0256. The highest BCUT2D eigenvalue weighted by atomic mass is 19.3. The Hall–Kier alpha value is -3.89. The highest BCUT2D eigenvalue weighted by Crippen LogP contribution is 2.53. The van der Waals surface area contributed by atoms with Crippen LogP contribution in [0.25, 0.3) is 11.1 Å². The second kappa shape index (κ2) is 8.65. The van der Waals surface area contributed by atoms with Crippen LogP contribution in [-0.2, 0) is 10.3 Å². The van der Waals surface area contributed by atoms with Gasteiger partial charge in [0.15, 0.2) is 11.3 Å². The quantitative estimate of drug-likeness (QED) is 0.394. The number of hydrogen-bond acceptors (Lipinski definition) is 7. The molecule has 1 fully saturated rings. The molecular formula is C25H23F4N5O2. The van der Waals surface area contributed by atoms with Crippen molar-refractivity contribution in [3.8, 4) is 22.6 Å². The van der Waals surface area contributed by atoms with Crippen LogP contribution in [0.3, 0.4) is 0 Å². The van der Waals surface area contributed by atoms with Gasteiger partial charge in [-0.3, -0.25) is 4.98 Å². The fourth-order valence-corrected chi connectivity index (χ4v) is 4.64. The number of fused-ring (bicyclic) bond motifs is 4. The van der Waals surface area contributed by atoms with Crippen LogP contribution in [-0.4, -0.2) is 41.6 Å². The van der Waals surface area contributed by atoms with Crippen molar-refractivity contribution in [1.82, 2.24) is 9.97 Å². The summed E-state index contributed by atoms with van der Waals surface area (Å²) in [5, 5.41) is 0. The Morgan fingerprint density at radius 1 is 1.03 bits per heavy atom. The molecule has 1 aromatic carbocycles. The number of halogens is 4. The number of aliphatic imine (C=N–C) groups is 1. The van der Waals surface area contributed by atoms with E-state index in [1.807, 2.05) is 13.8 Å². The second-order valence-electron chi connectivity index (χ2n) is 8.48. The second-order valence-corrected chi connectivity index (χ2v) is 8.48. The molecule has 0 radical (unpaired) electrons. The van der Waals surface area contributed by atoms with Crippen LogP contribution in [0, 0.1) is 11.8 Å². The van der Waals surface area contributed by atoms with E-state index in [9.17, 15) is 13.2 Å². The number of aromatic nitrogens is 2. The number of ether oxygens (including phenoxy) is 2. The number of nitrogens with two attached hydrogens (primary N) is 1. The Labute approximate surface area is 204 Å². The van der Waals surface area contributed by atoms with Crippen LogP contribution in [0.5, 0.6) is 11.5 Å². The molecule has 0 unspecified atom stereocenters. The summed E-state index contributed by atoms with van der Waals surface area (Å²) >= 11 is 0. The van der Waals surface area contributed by atoms with Crippen molar-refractivity contribution in [3.05, 3.63) is 65.6 Å². The van der Waals surface area contributed by atoms with E-state index in [1.165, 1.54) is 23.2 Å². The van der Waals surface area contributed by atoms with E-state index in [2.05, 4.69) is 15.0 Å². The van der Waals surface area contributed by atoms with Crippen LogP contribution < -0.4 is 15.4 Å². The molecule has 2 aromatic heterocycles. The Kier molecular flexibility index (Phi) is 5.73. The van der Waals surface area contributed by atoms with Gasteiger partial charge in [0.2, 0.25) is 0 Å². The molecule has 0 saturated carbocycles. The third-order valence-electron chi connectivity index (χ3n) is 6.26. The van der Waals surface area contributed by atoms with Gasteiger partial charge >= 0.3 is 0 Å². The fourth-order valence-electron chi connectivity index (χ4n) is 4.64. The average molecular weight is 501 g/mol. The number of hydrogen-bond donors (Lipinski definition) is 1. The van der Waals surface area contributed by atoms with Gasteiger partial charge in [0.1, 0.15) is 24.0 Å². The summed E-state index contributed by atoms with van der Waals surface area (Å²) in [4.78, 5) is 13.6. The van der Waals surface area contributed by atoms with Crippen molar-refractivity contribution in [2.75, 3.05) is 24.6 Å². The third kappa shape index (κ3) is 3.88. The highest BCUT2D eigenvalue weighted by molar-refractivity contribution is 5.78. The first-order chi connectivity index (χ1) is 17.2. The maximum absolute atomic E-state index is 15.2. The number of amidine groups is 1. The van der Waals surface area contributed by atoms with Crippen molar-refractivity contribution in [2.24, 2.45) is 10.7 Å². The van der Waals surface area contributed by atoms with E-state index in [-0.39, 0.29) is 42.7 Å². The summed E-state index contributed by atoms with van der Waals surface area (Å²) in [5.74, 6) is -4.17. The van der Waals surface area contributed by atoms with Gasteiger partial charge in [-0.1, -0.05) is 19.9 Å². The summed E-state index contributed by atoms with van der Waals surface area (Å²) in [6.45, 7) is 3.40. The molecule has 3 aliphatic heterocycles. The third-order valence-corrected chi connectivity index (χ3v) is 6.26. The van der Waals surface area contributed by atoms with Crippen molar-refractivity contribution < 1.29 is 27.0 Å². The number of pyridine rings is 2. The van der Waals surface area contributed by atoms with E-state index < -0.39 is 29.8 Å². The summed E-state index contributed by atoms with van der Waals surface area (Å²) < 4.78 is 67.9. The molecule has 1 atom stereocenters. The molecule has 3 aliphatic rings. The summed E-state index contributed by atoms with van der Waals surface area (Å²) in [7, 11) is 0. The van der Waals surface area contributed by atoms with Crippen molar-refractivity contribution in [2.45, 2.75) is 31.7 Å². The predicted octanol–water partition coefficient (Wildman–Crippen LogP) is 4.99. The van der Waals surface area contributed by atoms with Gasteiger partial charge in [-0.05, 0) is 29.8 Å². The summed E-state index contributed by atoms with van der Waals surface area (Å²) in [5.41, 5.74) is 6.46. The Bertz CT molecular complexity index is 1370. The molecule has 0 bridgehead atoms. The number of alkyl halides is 2. The Balaban J connectivity index is 0.00000130. The van der Waals surface area contributed by atoms with Gasteiger partial charge in [0, 0.05) is 35.9 Å². The molecule has 188 valence electrons. The first kappa shape index (κ1) is 23.8. The van der Waals surface area contributed by atoms with Crippen LogP contribution >= 0.6 is 0 Å². The van der Waals surface area contributed by atoms with Gasteiger partial charge in [-0.15, -0.1) is 0 Å². The Morgan fingerprint density at radius 2 is 1.83 bits per heavy atom. The smallest absolute Gasteiger partial charge is 0.283 e. The van der Waals surface area contributed by atoms with Gasteiger partial charge < -0.3 is 20.1 Å². The van der Waals surface area contributed by atoms with E-state index in [4.69, 9.17) is 15.2 Å². The highest BCUT2D eigenvalue weighted by Gasteiger charge is 2.49. The summed E-state index contributed by atoms with van der Waals surface area (Å²) in [6.07, 6.45) is 2.25. The minimum atomic E-state index is -2.89. The maximum Gasteiger partial charge on any atom is 0.283 e. The van der Waals surface area contributed by atoms with E-state index >= 15 is 4.39 Å². The lowest BCUT2D eigenvalue weighted by atomic mass is 9.80. The van der Waals surface area contributed by atoms with E-state index in [0.29, 0.717) is 22.4 Å². The molecule has 36 heavy (non-hydrogen) atoms. The number of anilines is 1. The van der Waals surface area contributed by atoms with Crippen molar-refractivity contribution >= 4 is 11.8 Å².